The van der Waals surface area contributed by atoms with Crippen LogP contribution < -0.4 is 10.6 Å². The van der Waals surface area contributed by atoms with E-state index in [1.54, 1.807) is 18.9 Å². The highest BCUT2D eigenvalue weighted by Crippen LogP contribution is 2.40. The minimum Gasteiger partial charge on any atom is -0.352 e. The number of nitrogens with one attached hydrogen (secondary N) is 2. The number of thiocarbonyl (C=S) groups is 1. The van der Waals surface area contributed by atoms with Crippen molar-refractivity contribution in [1.29, 1.82) is 0 Å². The molecule has 4 aromatic rings. The van der Waals surface area contributed by atoms with Gasteiger partial charge < -0.3 is 15.5 Å². The number of aromatic nitrogens is 5. The SMILES string of the molecule is CCc1ccccc1NC(=O)CCN1C(=S)N[C@H](c2ccccn2)[C@H]1c1cc(C)n(-n2cnnc2)c1C. The lowest BCUT2D eigenvalue weighted by Crippen LogP contribution is -2.33. The summed E-state index contributed by atoms with van der Waals surface area (Å²) in [6, 6.07) is 15.6. The average Bonchev–Trinajstić information content (AvgIpc) is 3.61. The van der Waals surface area contributed by atoms with Crippen LogP contribution in [0.5, 0.6) is 0 Å². The zero-order valence-electron chi connectivity index (χ0n) is 21.1. The Morgan fingerprint density at radius 3 is 2.59 bits per heavy atom. The summed E-state index contributed by atoms with van der Waals surface area (Å²) >= 11 is 5.80. The number of benzene rings is 1. The molecule has 4 heterocycles. The van der Waals surface area contributed by atoms with Crippen molar-refractivity contribution >= 4 is 28.9 Å². The number of para-hydroxylation sites is 1. The summed E-state index contributed by atoms with van der Waals surface area (Å²) in [4.78, 5) is 19.7. The lowest BCUT2D eigenvalue weighted by Gasteiger charge is -2.28. The molecule has 1 aliphatic rings. The van der Waals surface area contributed by atoms with Gasteiger partial charge in [-0.2, -0.15) is 0 Å². The zero-order valence-corrected chi connectivity index (χ0v) is 21.9. The van der Waals surface area contributed by atoms with Crippen LogP contribution in [0.15, 0.2) is 67.4 Å². The van der Waals surface area contributed by atoms with Gasteiger partial charge in [-0.1, -0.05) is 31.2 Å². The van der Waals surface area contributed by atoms with Crippen LogP contribution in [0, 0.1) is 13.8 Å². The van der Waals surface area contributed by atoms with E-state index in [9.17, 15) is 4.79 Å². The van der Waals surface area contributed by atoms with E-state index in [-0.39, 0.29) is 18.0 Å². The topological polar surface area (TPSA) is 92.9 Å². The predicted octanol–water partition coefficient (Wildman–Crippen LogP) is 3.97. The molecule has 0 saturated carbocycles. The maximum Gasteiger partial charge on any atom is 0.226 e. The van der Waals surface area contributed by atoms with E-state index < -0.39 is 0 Å². The summed E-state index contributed by atoms with van der Waals surface area (Å²) in [6.45, 7) is 6.68. The van der Waals surface area contributed by atoms with Gasteiger partial charge in [0, 0.05) is 41.8 Å². The Morgan fingerprint density at radius 1 is 1.11 bits per heavy atom. The number of pyridine rings is 1. The van der Waals surface area contributed by atoms with Gasteiger partial charge in [0.25, 0.3) is 0 Å². The molecule has 5 rings (SSSR count). The third-order valence-corrected chi connectivity index (χ3v) is 7.19. The second-order valence-electron chi connectivity index (χ2n) is 9.11. The summed E-state index contributed by atoms with van der Waals surface area (Å²) in [5.41, 5.74) is 6.06. The van der Waals surface area contributed by atoms with E-state index in [0.717, 1.165) is 40.3 Å². The molecule has 1 saturated heterocycles. The predicted molar refractivity (Wildman–Crippen MR) is 146 cm³/mol. The quantitative estimate of drug-likeness (QED) is 0.344. The van der Waals surface area contributed by atoms with Crippen LogP contribution in [-0.4, -0.2) is 47.0 Å². The lowest BCUT2D eigenvalue weighted by molar-refractivity contribution is -0.116. The number of amides is 1. The number of rotatable bonds is 8. The van der Waals surface area contributed by atoms with E-state index in [1.807, 2.05) is 47.1 Å². The van der Waals surface area contributed by atoms with Crippen LogP contribution >= 0.6 is 12.2 Å². The first kappa shape index (κ1) is 24.6. The molecule has 0 aliphatic carbocycles. The molecule has 0 spiro atoms. The monoisotopic (exact) mass is 514 g/mol. The number of anilines is 1. The fourth-order valence-corrected chi connectivity index (χ4v) is 5.43. The highest BCUT2D eigenvalue weighted by molar-refractivity contribution is 7.80. The first-order valence-electron chi connectivity index (χ1n) is 12.4. The van der Waals surface area contributed by atoms with Gasteiger partial charge in [-0.25, -0.2) is 4.68 Å². The second-order valence-corrected chi connectivity index (χ2v) is 9.50. The minimum atomic E-state index is -0.160. The summed E-state index contributed by atoms with van der Waals surface area (Å²) in [7, 11) is 0. The van der Waals surface area contributed by atoms with Gasteiger partial charge in [0.2, 0.25) is 5.91 Å². The van der Waals surface area contributed by atoms with Gasteiger partial charge in [-0.15, -0.1) is 10.2 Å². The largest absolute Gasteiger partial charge is 0.352 e. The molecule has 1 fully saturated rings. The van der Waals surface area contributed by atoms with E-state index in [1.165, 1.54) is 0 Å². The van der Waals surface area contributed by atoms with Crippen molar-refractivity contribution in [3.63, 3.8) is 0 Å². The van der Waals surface area contributed by atoms with Crippen molar-refractivity contribution in [1.82, 2.24) is 34.8 Å². The van der Waals surface area contributed by atoms with Crippen LogP contribution in [-0.2, 0) is 11.2 Å². The molecule has 0 radical (unpaired) electrons. The van der Waals surface area contributed by atoms with Crippen molar-refractivity contribution in [3.8, 4) is 0 Å². The normalized spacial score (nSPS) is 17.2. The molecule has 9 nitrogen and oxygen atoms in total. The summed E-state index contributed by atoms with van der Waals surface area (Å²) in [5, 5.41) is 15.1. The molecule has 37 heavy (non-hydrogen) atoms. The molecule has 2 atom stereocenters. The van der Waals surface area contributed by atoms with Gasteiger partial charge in [-0.3, -0.25) is 14.5 Å². The smallest absolute Gasteiger partial charge is 0.226 e. The molecule has 2 N–H and O–H groups in total. The van der Waals surface area contributed by atoms with Crippen LogP contribution in [0.4, 0.5) is 5.69 Å². The van der Waals surface area contributed by atoms with Crippen molar-refractivity contribution < 1.29 is 4.79 Å². The number of hydrogen-bond donors (Lipinski definition) is 2. The Labute approximate surface area is 221 Å². The first-order valence-corrected chi connectivity index (χ1v) is 12.8. The fourth-order valence-electron chi connectivity index (χ4n) is 5.10. The summed E-state index contributed by atoms with van der Waals surface area (Å²) < 4.78 is 3.92. The standard InChI is InChI=1S/C27H30N8OS/c1-4-20-9-5-6-10-22(20)31-24(36)12-14-34-26(25(32-27(34)37)23-11-7-8-13-28-23)21-15-18(2)35(19(21)3)33-16-29-30-17-33/h5-11,13,15-17,25-26H,4,12,14H2,1-3H3,(H,31,36)(H,32,37)/t25-,26-/m1/s1. The molecule has 1 aromatic carbocycles. The lowest BCUT2D eigenvalue weighted by atomic mass is 9.96. The Bertz CT molecular complexity index is 1400. The van der Waals surface area contributed by atoms with Gasteiger partial charge in [-0.05, 0) is 62.3 Å². The number of nitrogens with zero attached hydrogens (tertiary/aromatic N) is 6. The minimum absolute atomic E-state index is 0.0429. The van der Waals surface area contributed by atoms with Crippen molar-refractivity contribution in [3.05, 3.63) is 95.6 Å². The molecule has 10 heteroatoms. The number of carbonyl (C=O) groups excluding carboxylic acids is 1. The van der Waals surface area contributed by atoms with Gasteiger partial charge in [0.1, 0.15) is 12.7 Å². The molecule has 190 valence electrons. The van der Waals surface area contributed by atoms with Crippen LogP contribution in [0.25, 0.3) is 0 Å². The van der Waals surface area contributed by atoms with Crippen molar-refractivity contribution in [2.75, 3.05) is 11.9 Å². The summed E-state index contributed by atoms with van der Waals surface area (Å²) in [5.74, 6) is -0.0429. The van der Waals surface area contributed by atoms with Crippen LogP contribution in [0.3, 0.4) is 0 Å². The number of carbonyl (C=O) groups is 1. The maximum absolute atomic E-state index is 13.0. The van der Waals surface area contributed by atoms with Crippen LogP contribution in [0.1, 0.15) is 53.6 Å². The molecular formula is C27H30N8OS. The number of hydrogen-bond acceptors (Lipinski definition) is 5. The van der Waals surface area contributed by atoms with E-state index >= 15 is 0 Å². The molecule has 1 aliphatic heterocycles. The molecule has 3 aromatic heterocycles. The Hall–Kier alpha value is -4.05. The van der Waals surface area contributed by atoms with E-state index in [2.05, 4.69) is 62.2 Å². The fraction of sp³-hybridized carbons (Fsp3) is 0.296. The maximum atomic E-state index is 13.0. The third kappa shape index (κ3) is 4.84. The Kier molecular flexibility index (Phi) is 7.00. The third-order valence-electron chi connectivity index (χ3n) is 6.84. The molecule has 1 amide bonds. The Balaban J connectivity index is 1.44. The highest BCUT2D eigenvalue weighted by Gasteiger charge is 2.41. The molecular weight excluding hydrogens is 484 g/mol. The molecule has 0 unspecified atom stereocenters. The van der Waals surface area contributed by atoms with E-state index in [0.29, 0.717) is 18.1 Å². The summed E-state index contributed by atoms with van der Waals surface area (Å²) in [6.07, 6.45) is 6.29. The molecule has 0 bridgehead atoms. The van der Waals surface area contributed by atoms with Crippen LogP contribution in [0.2, 0.25) is 0 Å². The number of aryl methyl sites for hydroxylation is 2. The highest BCUT2D eigenvalue weighted by atomic mass is 32.1. The van der Waals surface area contributed by atoms with Gasteiger partial charge >= 0.3 is 0 Å². The van der Waals surface area contributed by atoms with E-state index in [4.69, 9.17) is 12.2 Å². The average molecular weight is 515 g/mol. The van der Waals surface area contributed by atoms with Gasteiger partial charge in [0.05, 0.1) is 17.8 Å². The second kappa shape index (κ2) is 10.5. The zero-order chi connectivity index (χ0) is 25.9. The van der Waals surface area contributed by atoms with Crippen molar-refractivity contribution in [2.24, 2.45) is 0 Å². The Morgan fingerprint density at radius 2 is 1.86 bits per heavy atom. The van der Waals surface area contributed by atoms with Crippen molar-refractivity contribution in [2.45, 2.75) is 45.7 Å². The van der Waals surface area contributed by atoms with Gasteiger partial charge in [0.15, 0.2) is 5.11 Å². The first-order chi connectivity index (χ1) is 18.0.